The zero-order valence-corrected chi connectivity index (χ0v) is 15.7. The number of benzene rings is 2. The number of carbonyl (C=O) groups excluding carboxylic acids is 3. The Morgan fingerprint density at radius 1 is 1.21 bits per heavy atom. The van der Waals surface area contributed by atoms with Crippen LogP contribution in [0, 0.1) is 11.6 Å². The number of likely N-dealkylation sites (N-methyl/N-ethyl adjacent to an activating group) is 1. The molecular weight excluding hydrogens is 380 g/mol. The van der Waals surface area contributed by atoms with Crippen LogP contribution in [0.1, 0.15) is 23.1 Å². The number of amides is 4. The molecule has 4 rings (SSSR count). The van der Waals surface area contributed by atoms with E-state index in [0.717, 1.165) is 28.2 Å². The molecule has 1 fully saturated rings. The lowest BCUT2D eigenvalue weighted by Crippen LogP contribution is -2.44. The summed E-state index contributed by atoms with van der Waals surface area (Å²) in [4.78, 5) is 40.2. The van der Waals surface area contributed by atoms with Gasteiger partial charge in [-0.1, -0.05) is 30.3 Å². The lowest BCUT2D eigenvalue weighted by atomic mass is 9.92. The first-order valence-corrected chi connectivity index (χ1v) is 9.22. The maximum absolute atomic E-state index is 13.8. The molecule has 0 saturated carbocycles. The van der Waals surface area contributed by atoms with Crippen LogP contribution in [0.5, 0.6) is 0 Å². The Labute approximate surface area is 166 Å². The molecule has 0 aromatic heterocycles. The van der Waals surface area contributed by atoms with Gasteiger partial charge < -0.3 is 10.2 Å². The Hall–Kier alpha value is -3.29. The maximum Gasteiger partial charge on any atom is 0.325 e. The molecule has 0 radical (unpaired) electrons. The van der Waals surface area contributed by atoms with Gasteiger partial charge in [0, 0.05) is 25.2 Å². The number of imide groups is 1. The highest BCUT2D eigenvalue weighted by Crippen LogP contribution is 2.41. The van der Waals surface area contributed by atoms with Gasteiger partial charge in [-0.05, 0) is 30.0 Å². The van der Waals surface area contributed by atoms with E-state index in [0.29, 0.717) is 12.8 Å². The molecule has 150 valence electrons. The molecule has 0 bridgehead atoms. The summed E-state index contributed by atoms with van der Waals surface area (Å²) in [5, 5.41) is 2.76. The molecule has 1 N–H and O–H groups in total. The van der Waals surface area contributed by atoms with E-state index in [1.54, 1.807) is 0 Å². The van der Waals surface area contributed by atoms with Crippen molar-refractivity contribution in [1.29, 1.82) is 0 Å². The molecule has 1 saturated heterocycles. The largest absolute Gasteiger partial charge is 0.340 e. The zero-order valence-electron chi connectivity index (χ0n) is 15.7. The normalized spacial score (nSPS) is 20.2. The second-order valence-electron chi connectivity index (χ2n) is 7.37. The van der Waals surface area contributed by atoms with E-state index < -0.39 is 41.6 Å². The Bertz CT molecular complexity index is 1030. The summed E-state index contributed by atoms with van der Waals surface area (Å²) in [6.45, 7) is -0.559. The summed E-state index contributed by atoms with van der Waals surface area (Å²) in [5.74, 6) is -2.45. The van der Waals surface area contributed by atoms with Gasteiger partial charge >= 0.3 is 6.03 Å². The maximum atomic E-state index is 13.8. The first-order chi connectivity index (χ1) is 13.8. The number of hydrogen-bond donors (Lipinski definition) is 1. The average Bonchev–Trinajstić information content (AvgIpc) is 3.17. The number of halogens is 2. The highest BCUT2D eigenvalue weighted by Gasteiger charge is 2.55. The van der Waals surface area contributed by atoms with Crippen LogP contribution in [-0.2, 0) is 28.1 Å². The van der Waals surface area contributed by atoms with E-state index in [2.05, 4.69) is 5.32 Å². The minimum atomic E-state index is -1.13. The summed E-state index contributed by atoms with van der Waals surface area (Å²) in [5.41, 5.74) is 0.768. The molecule has 4 amide bonds. The van der Waals surface area contributed by atoms with Gasteiger partial charge in [0.2, 0.25) is 5.91 Å². The van der Waals surface area contributed by atoms with Crippen LogP contribution in [0.25, 0.3) is 0 Å². The van der Waals surface area contributed by atoms with E-state index >= 15 is 0 Å². The molecule has 1 aliphatic heterocycles. The van der Waals surface area contributed by atoms with Crippen LogP contribution >= 0.6 is 0 Å². The number of aryl methyl sites for hydroxylation is 1. The molecule has 2 aliphatic rings. The van der Waals surface area contributed by atoms with Crippen molar-refractivity contribution in [2.75, 3.05) is 13.6 Å². The zero-order chi connectivity index (χ0) is 20.8. The predicted molar refractivity (Wildman–Crippen MR) is 99.5 cm³/mol. The molecule has 8 heteroatoms. The molecule has 1 unspecified atom stereocenters. The van der Waals surface area contributed by atoms with E-state index in [9.17, 15) is 23.2 Å². The van der Waals surface area contributed by atoms with E-state index in [4.69, 9.17) is 0 Å². The van der Waals surface area contributed by atoms with Gasteiger partial charge in [-0.15, -0.1) is 0 Å². The van der Waals surface area contributed by atoms with Crippen molar-refractivity contribution in [3.8, 4) is 0 Å². The van der Waals surface area contributed by atoms with E-state index in [-0.39, 0.29) is 12.1 Å². The Kier molecular flexibility index (Phi) is 4.56. The summed E-state index contributed by atoms with van der Waals surface area (Å²) in [7, 11) is 1.43. The first kappa shape index (κ1) is 19.0. The predicted octanol–water partition coefficient (Wildman–Crippen LogP) is 2.32. The molecule has 1 heterocycles. The van der Waals surface area contributed by atoms with Gasteiger partial charge in [-0.2, -0.15) is 0 Å². The average molecular weight is 399 g/mol. The van der Waals surface area contributed by atoms with Gasteiger partial charge in [0.15, 0.2) is 0 Å². The first-order valence-electron chi connectivity index (χ1n) is 9.22. The SMILES string of the molecule is CN(Cc1ccc(F)cc1F)C(=O)CN1C(=O)NC2(CCc3ccccc32)C1=O. The lowest BCUT2D eigenvalue weighted by Gasteiger charge is -2.23. The van der Waals surface area contributed by atoms with E-state index in [1.807, 2.05) is 24.3 Å². The number of hydrogen-bond acceptors (Lipinski definition) is 3. The third-order valence-electron chi connectivity index (χ3n) is 5.56. The highest BCUT2D eigenvalue weighted by molar-refractivity contribution is 6.09. The van der Waals surface area contributed by atoms with Crippen molar-refractivity contribution in [3.05, 3.63) is 70.8 Å². The second-order valence-corrected chi connectivity index (χ2v) is 7.37. The summed E-state index contributed by atoms with van der Waals surface area (Å²) < 4.78 is 26.9. The topological polar surface area (TPSA) is 69.7 Å². The fraction of sp³-hybridized carbons (Fsp3) is 0.286. The molecule has 2 aromatic carbocycles. The molecule has 6 nitrogen and oxygen atoms in total. The number of urea groups is 1. The van der Waals surface area contributed by atoms with Crippen LogP contribution < -0.4 is 5.32 Å². The third kappa shape index (κ3) is 3.14. The number of nitrogens with one attached hydrogen (secondary N) is 1. The van der Waals surface area contributed by atoms with Gasteiger partial charge in [-0.3, -0.25) is 14.5 Å². The summed E-state index contributed by atoms with van der Waals surface area (Å²) >= 11 is 0. The Morgan fingerprint density at radius 2 is 1.97 bits per heavy atom. The van der Waals surface area contributed by atoms with Crippen LogP contribution in [0.2, 0.25) is 0 Å². The van der Waals surface area contributed by atoms with Crippen LogP contribution in [0.4, 0.5) is 13.6 Å². The van der Waals surface area contributed by atoms with Crippen LogP contribution in [0.3, 0.4) is 0 Å². The lowest BCUT2D eigenvalue weighted by molar-refractivity contribution is -0.138. The van der Waals surface area contributed by atoms with Crippen molar-refractivity contribution < 1.29 is 23.2 Å². The molecule has 1 aliphatic carbocycles. The summed E-state index contributed by atoms with van der Waals surface area (Å²) in [6, 6.07) is 9.90. The number of rotatable bonds is 4. The molecule has 1 atom stereocenters. The fourth-order valence-electron chi connectivity index (χ4n) is 3.98. The van der Waals surface area contributed by atoms with Crippen molar-refractivity contribution in [2.24, 2.45) is 0 Å². The van der Waals surface area contributed by atoms with Crippen molar-refractivity contribution >= 4 is 17.8 Å². The van der Waals surface area contributed by atoms with Gasteiger partial charge in [-0.25, -0.2) is 13.6 Å². The molecule has 29 heavy (non-hydrogen) atoms. The molecule has 2 aromatic rings. The van der Waals surface area contributed by atoms with Gasteiger partial charge in [0.25, 0.3) is 5.91 Å². The molecule has 1 spiro atoms. The number of fused-ring (bicyclic) bond motifs is 2. The molecular formula is C21H19F2N3O3. The minimum absolute atomic E-state index is 0.109. The quantitative estimate of drug-likeness (QED) is 0.803. The minimum Gasteiger partial charge on any atom is -0.340 e. The highest BCUT2D eigenvalue weighted by atomic mass is 19.1. The standard InChI is InChI=1S/C21H19F2N3O3/c1-25(11-14-6-7-15(22)10-17(14)23)18(27)12-26-19(28)21(24-20(26)29)9-8-13-4-2-3-5-16(13)21/h2-7,10H,8-9,11-12H2,1H3,(H,24,29). The Balaban J connectivity index is 1.49. The van der Waals surface area contributed by atoms with Crippen LogP contribution in [-0.4, -0.2) is 41.2 Å². The smallest absolute Gasteiger partial charge is 0.325 e. The third-order valence-corrected chi connectivity index (χ3v) is 5.56. The van der Waals surface area contributed by atoms with Gasteiger partial charge in [0.05, 0.1) is 0 Å². The monoisotopic (exact) mass is 399 g/mol. The number of carbonyl (C=O) groups is 3. The van der Waals surface area contributed by atoms with Crippen molar-refractivity contribution in [2.45, 2.75) is 24.9 Å². The Morgan fingerprint density at radius 3 is 2.72 bits per heavy atom. The van der Waals surface area contributed by atoms with E-state index in [1.165, 1.54) is 18.0 Å². The second kappa shape index (κ2) is 6.95. The van der Waals surface area contributed by atoms with Crippen molar-refractivity contribution in [3.63, 3.8) is 0 Å². The van der Waals surface area contributed by atoms with Gasteiger partial charge in [0.1, 0.15) is 23.7 Å². The summed E-state index contributed by atoms with van der Waals surface area (Å²) in [6.07, 6.45) is 1.10. The van der Waals surface area contributed by atoms with Crippen LogP contribution in [0.15, 0.2) is 42.5 Å². The van der Waals surface area contributed by atoms with Crippen molar-refractivity contribution in [1.82, 2.24) is 15.1 Å². The number of nitrogens with zero attached hydrogens (tertiary/aromatic N) is 2. The fourth-order valence-corrected chi connectivity index (χ4v) is 3.98.